The molecule has 3 unspecified atom stereocenters. The van der Waals surface area contributed by atoms with Crippen molar-refractivity contribution in [2.24, 2.45) is 11.8 Å². The van der Waals surface area contributed by atoms with Crippen LogP contribution < -0.4 is 15.9 Å². The van der Waals surface area contributed by atoms with Crippen LogP contribution in [0.4, 0.5) is 4.79 Å². The van der Waals surface area contributed by atoms with E-state index in [-0.39, 0.29) is 24.0 Å². The highest BCUT2D eigenvalue weighted by Gasteiger charge is 2.38. The number of carbonyl (C=O) groups excluding carboxylic acids is 2. The number of hydrogen-bond acceptors (Lipinski definition) is 3. The summed E-state index contributed by atoms with van der Waals surface area (Å²) in [7, 11) is 1.64. The molecule has 154 valence electrons. The largest absolute Gasteiger partial charge is 0.450 e. The van der Waals surface area contributed by atoms with Crippen LogP contribution in [-0.2, 0) is 16.0 Å². The monoisotopic (exact) mass is 395 g/mol. The molecule has 29 heavy (non-hydrogen) atoms. The average molecular weight is 396 g/mol. The number of H-pyrrole nitrogens is 1. The fourth-order valence-electron chi connectivity index (χ4n) is 4.69. The molecule has 3 atom stereocenters. The first-order valence-electron chi connectivity index (χ1n) is 10.5. The molecule has 6 nitrogen and oxygen atoms in total. The van der Waals surface area contributed by atoms with Gasteiger partial charge in [-0.05, 0) is 42.9 Å². The van der Waals surface area contributed by atoms with Gasteiger partial charge in [0.15, 0.2) is 0 Å². The lowest BCUT2D eigenvalue weighted by Crippen LogP contribution is -2.44. The van der Waals surface area contributed by atoms with Crippen LogP contribution in [0.5, 0.6) is 0 Å². The quantitative estimate of drug-likeness (QED) is 0.821. The smallest absolute Gasteiger partial charge is 0.410 e. The number of nitrogens with zero attached hydrogens (tertiary/aromatic N) is 1. The number of hydrogen-bond donors (Lipinski definition) is 2. The molecule has 2 aliphatic carbocycles. The second-order valence-corrected chi connectivity index (χ2v) is 8.01. The number of aromatic amines is 1. The minimum atomic E-state index is -0.272. The van der Waals surface area contributed by atoms with E-state index in [2.05, 4.69) is 35.5 Å². The zero-order valence-electron chi connectivity index (χ0n) is 17.3. The summed E-state index contributed by atoms with van der Waals surface area (Å²) in [6.45, 7) is 5.06. The molecule has 3 aliphatic rings. The zero-order chi connectivity index (χ0) is 20.5. The van der Waals surface area contributed by atoms with Gasteiger partial charge >= 0.3 is 6.09 Å². The summed E-state index contributed by atoms with van der Waals surface area (Å²) in [5.74, 6) is 0.528. The van der Waals surface area contributed by atoms with Crippen LogP contribution in [0, 0.1) is 11.8 Å². The molecule has 1 aromatic rings. The third-order valence-corrected chi connectivity index (χ3v) is 6.12. The molecule has 0 spiro atoms. The fraction of sp³-hybridized carbons (Fsp3) is 0.478. The van der Waals surface area contributed by atoms with Gasteiger partial charge in [0.1, 0.15) is 0 Å². The van der Waals surface area contributed by atoms with Gasteiger partial charge in [0.25, 0.3) is 5.91 Å². The maximum absolute atomic E-state index is 12.7. The van der Waals surface area contributed by atoms with Crippen LogP contribution in [0.1, 0.15) is 44.0 Å². The highest BCUT2D eigenvalue weighted by Crippen LogP contribution is 2.38. The number of fused-ring (bicyclic) bond motifs is 3. The van der Waals surface area contributed by atoms with Gasteiger partial charge in [0, 0.05) is 36.1 Å². The number of rotatable bonds is 3. The van der Waals surface area contributed by atoms with E-state index in [0.29, 0.717) is 31.1 Å². The molecule has 0 radical (unpaired) electrons. The predicted octanol–water partition coefficient (Wildman–Crippen LogP) is 1.92. The Hall–Kier alpha value is -2.76. The summed E-state index contributed by atoms with van der Waals surface area (Å²) in [6.07, 6.45) is 12.8. The van der Waals surface area contributed by atoms with Gasteiger partial charge in [0.05, 0.1) is 12.6 Å². The number of aromatic nitrogens is 1. The number of carbonyl (C=O) groups is 2. The summed E-state index contributed by atoms with van der Waals surface area (Å²) >= 11 is 0. The maximum atomic E-state index is 12.7. The molecule has 0 fully saturated rings. The van der Waals surface area contributed by atoms with Crippen molar-refractivity contribution in [3.63, 3.8) is 0 Å². The summed E-state index contributed by atoms with van der Waals surface area (Å²) in [6, 6.07) is -0.126. The van der Waals surface area contributed by atoms with Crippen LogP contribution >= 0.6 is 0 Å². The van der Waals surface area contributed by atoms with Crippen molar-refractivity contribution in [2.45, 2.75) is 39.2 Å². The van der Waals surface area contributed by atoms with E-state index in [0.717, 1.165) is 18.5 Å². The molecule has 6 heteroatoms. The highest BCUT2D eigenvalue weighted by atomic mass is 16.6. The van der Waals surface area contributed by atoms with E-state index in [1.807, 2.05) is 24.0 Å². The van der Waals surface area contributed by atoms with E-state index in [1.165, 1.54) is 16.1 Å². The molecule has 0 bridgehead atoms. The van der Waals surface area contributed by atoms with Crippen LogP contribution in [0.2, 0.25) is 0 Å². The van der Waals surface area contributed by atoms with Gasteiger partial charge in [-0.1, -0.05) is 37.3 Å². The molecule has 0 aromatic carbocycles. The Morgan fingerprint density at radius 3 is 2.83 bits per heavy atom. The van der Waals surface area contributed by atoms with Crippen LogP contribution in [0.25, 0.3) is 12.2 Å². The Balaban J connectivity index is 1.74. The van der Waals surface area contributed by atoms with Crippen LogP contribution in [0.15, 0.2) is 23.8 Å². The lowest BCUT2D eigenvalue weighted by atomic mass is 9.83. The third kappa shape index (κ3) is 3.52. The van der Waals surface area contributed by atoms with E-state index in [1.54, 1.807) is 7.05 Å². The lowest BCUT2D eigenvalue weighted by Gasteiger charge is -2.39. The SMILES string of the molecule is CCOC(=O)N1CCc2c([nH]c3c2=CC(C)CC=3)C1C1C=CC(C(=O)NC)=CC1. The Morgan fingerprint density at radius 1 is 1.31 bits per heavy atom. The second kappa shape index (κ2) is 7.93. The minimum Gasteiger partial charge on any atom is -0.450 e. The Bertz CT molecular complexity index is 1000. The van der Waals surface area contributed by atoms with Gasteiger partial charge in [-0.2, -0.15) is 0 Å². The van der Waals surface area contributed by atoms with Crippen LogP contribution in [-0.4, -0.2) is 42.1 Å². The molecular formula is C23H29N3O3. The number of allylic oxidation sites excluding steroid dienone is 1. The van der Waals surface area contributed by atoms with Crippen molar-refractivity contribution < 1.29 is 14.3 Å². The summed E-state index contributed by atoms with van der Waals surface area (Å²) < 4.78 is 5.37. The average Bonchev–Trinajstić information content (AvgIpc) is 3.10. The van der Waals surface area contributed by atoms with Crippen LogP contribution in [0.3, 0.4) is 0 Å². The van der Waals surface area contributed by atoms with E-state index < -0.39 is 0 Å². The first kappa shape index (κ1) is 19.6. The standard InChI is InChI=1S/C23H29N3O3/c1-4-29-23(28)26-12-11-17-18-13-14(2)5-10-19(18)25-20(17)21(26)15-6-8-16(9-7-15)22(27)24-3/h6,8-10,13-15,21,25H,4-5,7,11-12H2,1-3H3,(H,24,27). The van der Waals surface area contributed by atoms with Crippen molar-refractivity contribution >= 4 is 24.2 Å². The molecule has 1 aliphatic heterocycles. The number of nitrogens with one attached hydrogen (secondary N) is 2. The Morgan fingerprint density at radius 2 is 2.14 bits per heavy atom. The highest BCUT2D eigenvalue weighted by molar-refractivity contribution is 5.96. The van der Waals surface area contributed by atoms with Crippen molar-refractivity contribution in [1.29, 1.82) is 0 Å². The fourth-order valence-corrected chi connectivity index (χ4v) is 4.69. The van der Waals surface area contributed by atoms with Gasteiger partial charge in [-0.3, -0.25) is 9.69 Å². The molecule has 1 aromatic heterocycles. The molecule has 2 amide bonds. The van der Waals surface area contributed by atoms with Crippen molar-refractivity contribution in [3.8, 4) is 0 Å². The molecular weight excluding hydrogens is 366 g/mol. The molecule has 4 rings (SSSR count). The normalized spacial score (nSPS) is 25.1. The Kier molecular flexibility index (Phi) is 5.35. The first-order chi connectivity index (χ1) is 14.0. The topological polar surface area (TPSA) is 74.4 Å². The number of amides is 2. The molecule has 2 N–H and O–H groups in total. The van der Waals surface area contributed by atoms with E-state index in [9.17, 15) is 9.59 Å². The zero-order valence-corrected chi connectivity index (χ0v) is 17.3. The van der Waals surface area contributed by atoms with Gasteiger partial charge in [-0.25, -0.2) is 4.79 Å². The summed E-state index contributed by atoms with van der Waals surface area (Å²) in [5.41, 5.74) is 3.11. The van der Waals surface area contributed by atoms with E-state index in [4.69, 9.17) is 4.74 Å². The molecule has 2 heterocycles. The maximum Gasteiger partial charge on any atom is 0.410 e. The van der Waals surface area contributed by atoms with Gasteiger partial charge < -0.3 is 15.0 Å². The van der Waals surface area contributed by atoms with Gasteiger partial charge in [-0.15, -0.1) is 0 Å². The number of ether oxygens (including phenoxy) is 1. The third-order valence-electron chi connectivity index (χ3n) is 6.12. The molecule has 0 saturated heterocycles. The van der Waals surface area contributed by atoms with Gasteiger partial charge in [0.2, 0.25) is 0 Å². The molecule has 0 saturated carbocycles. The second-order valence-electron chi connectivity index (χ2n) is 8.01. The minimum absolute atomic E-state index is 0.0835. The predicted molar refractivity (Wildman–Crippen MR) is 112 cm³/mol. The summed E-state index contributed by atoms with van der Waals surface area (Å²) in [5, 5.41) is 5.14. The van der Waals surface area contributed by atoms with Crippen molar-refractivity contribution in [1.82, 2.24) is 15.2 Å². The summed E-state index contributed by atoms with van der Waals surface area (Å²) in [4.78, 5) is 30.2. The van der Waals surface area contributed by atoms with E-state index >= 15 is 0 Å². The van der Waals surface area contributed by atoms with Crippen molar-refractivity contribution in [3.05, 3.63) is 45.6 Å². The first-order valence-corrected chi connectivity index (χ1v) is 10.5. The lowest BCUT2D eigenvalue weighted by molar-refractivity contribution is -0.116. The number of likely N-dealkylation sites (N-methyl/N-ethyl adjacent to an activating group) is 1. The van der Waals surface area contributed by atoms with Crippen molar-refractivity contribution in [2.75, 3.05) is 20.2 Å². The Labute approximate surface area is 171 Å².